The number of amides is 2. The molecular weight excluding hydrogens is 304 g/mol. The molecule has 1 aromatic rings. The van der Waals surface area contributed by atoms with Crippen molar-refractivity contribution < 1.29 is 9.59 Å². The van der Waals surface area contributed by atoms with Crippen LogP contribution in [0.1, 0.15) is 56.3 Å². The third-order valence-electron chi connectivity index (χ3n) is 5.07. The van der Waals surface area contributed by atoms with Gasteiger partial charge in [-0.1, -0.05) is 19.3 Å². The molecule has 1 unspecified atom stereocenters. The van der Waals surface area contributed by atoms with Gasteiger partial charge >= 0.3 is 0 Å². The lowest BCUT2D eigenvalue weighted by molar-refractivity contribution is -0.142. The normalized spacial score (nSPS) is 21.7. The number of nitrogens with one attached hydrogen (secondary N) is 1. The van der Waals surface area contributed by atoms with Crippen LogP contribution in [0.15, 0.2) is 12.4 Å². The molecule has 2 amide bonds. The molecule has 0 spiro atoms. The van der Waals surface area contributed by atoms with E-state index in [2.05, 4.69) is 15.3 Å². The average molecular weight is 330 g/mol. The molecule has 6 nitrogen and oxygen atoms in total. The summed E-state index contributed by atoms with van der Waals surface area (Å²) in [7, 11) is 0. The molecular formula is C18H26N4O2. The minimum atomic E-state index is -0.321. The number of likely N-dealkylation sites (tertiary alicyclic amines) is 1. The van der Waals surface area contributed by atoms with Gasteiger partial charge in [0.15, 0.2) is 0 Å². The quantitative estimate of drug-likeness (QED) is 0.916. The predicted molar refractivity (Wildman–Crippen MR) is 89.9 cm³/mol. The van der Waals surface area contributed by atoms with Crippen LogP contribution in [0.5, 0.6) is 0 Å². The van der Waals surface area contributed by atoms with E-state index in [1.54, 1.807) is 12.4 Å². The average Bonchev–Trinajstić information content (AvgIpc) is 3.11. The van der Waals surface area contributed by atoms with Gasteiger partial charge in [0.1, 0.15) is 6.04 Å². The van der Waals surface area contributed by atoms with E-state index in [1.807, 2.05) is 11.8 Å². The molecule has 3 rings (SSSR count). The highest BCUT2D eigenvalue weighted by atomic mass is 16.2. The highest BCUT2D eigenvalue weighted by Gasteiger charge is 2.37. The van der Waals surface area contributed by atoms with Crippen LogP contribution in [0, 0.1) is 12.8 Å². The number of hydrogen-bond acceptors (Lipinski definition) is 4. The second-order valence-electron chi connectivity index (χ2n) is 6.89. The van der Waals surface area contributed by atoms with Crippen molar-refractivity contribution in [2.45, 2.75) is 64.5 Å². The van der Waals surface area contributed by atoms with Gasteiger partial charge in [-0.05, 0) is 32.6 Å². The Balaban J connectivity index is 1.56. The molecule has 1 saturated carbocycles. The first kappa shape index (κ1) is 16.9. The van der Waals surface area contributed by atoms with Crippen molar-refractivity contribution in [2.75, 3.05) is 6.54 Å². The SMILES string of the molecule is Cc1cnc(CNC(=O)C2CCCN2C(=O)C2CCCCC2)cn1. The molecule has 0 aromatic carbocycles. The Bertz CT molecular complexity index is 581. The molecule has 1 aliphatic heterocycles. The van der Waals surface area contributed by atoms with E-state index in [9.17, 15) is 9.59 Å². The number of carbonyl (C=O) groups excluding carboxylic acids is 2. The van der Waals surface area contributed by atoms with Crippen LogP contribution in [0.2, 0.25) is 0 Å². The molecule has 24 heavy (non-hydrogen) atoms. The fraction of sp³-hybridized carbons (Fsp3) is 0.667. The van der Waals surface area contributed by atoms with E-state index >= 15 is 0 Å². The summed E-state index contributed by atoms with van der Waals surface area (Å²) in [6.45, 7) is 2.94. The first-order valence-electron chi connectivity index (χ1n) is 9.01. The third-order valence-corrected chi connectivity index (χ3v) is 5.07. The lowest BCUT2D eigenvalue weighted by atomic mass is 9.88. The summed E-state index contributed by atoms with van der Waals surface area (Å²) in [5.74, 6) is 0.233. The topological polar surface area (TPSA) is 75.2 Å². The van der Waals surface area contributed by atoms with Gasteiger partial charge in [0.05, 0.1) is 24.1 Å². The van der Waals surface area contributed by atoms with Crippen molar-refractivity contribution in [3.8, 4) is 0 Å². The monoisotopic (exact) mass is 330 g/mol. The maximum atomic E-state index is 12.8. The minimum absolute atomic E-state index is 0.0703. The van der Waals surface area contributed by atoms with Crippen LogP contribution in [-0.2, 0) is 16.1 Å². The molecule has 1 aliphatic carbocycles. The number of rotatable bonds is 4. The Morgan fingerprint density at radius 2 is 1.92 bits per heavy atom. The second-order valence-corrected chi connectivity index (χ2v) is 6.89. The maximum Gasteiger partial charge on any atom is 0.243 e. The first-order valence-corrected chi connectivity index (χ1v) is 9.01. The molecule has 130 valence electrons. The summed E-state index contributed by atoms with van der Waals surface area (Å²) in [6.07, 6.45) is 10.5. The van der Waals surface area contributed by atoms with E-state index in [-0.39, 0.29) is 23.8 Å². The number of carbonyl (C=O) groups is 2. The third kappa shape index (κ3) is 3.91. The Morgan fingerprint density at radius 3 is 2.62 bits per heavy atom. The highest BCUT2D eigenvalue weighted by molar-refractivity contribution is 5.89. The summed E-state index contributed by atoms with van der Waals surface area (Å²) in [5, 5.41) is 2.91. The number of aryl methyl sites for hydroxylation is 1. The highest BCUT2D eigenvalue weighted by Crippen LogP contribution is 2.28. The van der Waals surface area contributed by atoms with Crippen molar-refractivity contribution >= 4 is 11.8 Å². The fourth-order valence-electron chi connectivity index (χ4n) is 3.69. The molecule has 1 atom stereocenters. The Morgan fingerprint density at radius 1 is 1.12 bits per heavy atom. The summed E-state index contributed by atoms with van der Waals surface area (Å²) in [6, 6.07) is -0.321. The summed E-state index contributed by atoms with van der Waals surface area (Å²) in [5.41, 5.74) is 1.59. The summed E-state index contributed by atoms with van der Waals surface area (Å²) >= 11 is 0. The lowest BCUT2D eigenvalue weighted by Crippen LogP contribution is -2.48. The van der Waals surface area contributed by atoms with E-state index < -0.39 is 0 Å². The molecule has 2 heterocycles. The van der Waals surface area contributed by atoms with Crippen molar-refractivity contribution in [1.82, 2.24) is 20.2 Å². The summed E-state index contributed by atoms with van der Waals surface area (Å²) < 4.78 is 0. The number of hydrogen-bond donors (Lipinski definition) is 1. The molecule has 1 saturated heterocycles. The van der Waals surface area contributed by atoms with Crippen LogP contribution in [-0.4, -0.2) is 39.3 Å². The van der Waals surface area contributed by atoms with Crippen molar-refractivity contribution in [3.63, 3.8) is 0 Å². The molecule has 0 radical (unpaired) electrons. The molecule has 2 fully saturated rings. The van der Waals surface area contributed by atoms with Gasteiger partial charge in [0, 0.05) is 18.7 Å². The Hall–Kier alpha value is -1.98. The molecule has 1 aromatic heterocycles. The fourth-order valence-corrected chi connectivity index (χ4v) is 3.69. The van der Waals surface area contributed by atoms with Gasteiger partial charge in [0.2, 0.25) is 11.8 Å². The van der Waals surface area contributed by atoms with E-state index in [4.69, 9.17) is 0 Å². The van der Waals surface area contributed by atoms with Crippen LogP contribution in [0.4, 0.5) is 0 Å². The Kier molecular flexibility index (Phi) is 5.43. The number of aromatic nitrogens is 2. The Labute approximate surface area is 143 Å². The van der Waals surface area contributed by atoms with Gasteiger partial charge in [-0.15, -0.1) is 0 Å². The minimum Gasteiger partial charge on any atom is -0.349 e. The van der Waals surface area contributed by atoms with E-state index in [0.29, 0.717) is 13.1 Å². The van der Waals surface area contributed by atoms with Crippen LogP contribution < -0.4 is 5.32 Å². The first-order chi connectivity index (χ1) is 11.6. The molecule has 1 N–H and O–H groups in total. The van der Waals surface area contributed by atoms with Crippen LogP contribution in [0.3, 0.4) is 0 Å². The number of nitrogens with zero attached hydrogens (tertiary/aromatic N) is 3. The molecule has 0 bridgehead atoms. The van der Waals surface area contributed by atoms with E-state index in [0.717, 1.165) is 49.9 Å². The zero-order valence-corrected chi connectivity index (χ0v) is 14.3. The van der Waals surface area contributed by atoms with Crippen LogP contribution >= 0.6 is 0 Å². The summed E-state index contributed by atoms with van der Waals surface area (Å²) in [4.78, 5) is 35.5. The lowest BCUT2D eigenvalue weighted by Gasteiger charge is -2.30. The standard InChI is InChI=1S/C18H26N4O2/c1-13-10-20-15(11-19-13)12-21-17(23)16-8-5-9-22(16)18(24)14-6-3-2-4-7-14/h10-11,14,16H,2-9,12H2,1H3,(H,21,23). The van der Waals surface area contributed by atoms with Gasteiger partial charge in [-0.2, -0.15) is 0 Å². The van der Waals surface area contributed by atoms with Gasteiger partial charge in [-0.3, -0.25) is 19.6 Å². The predicted octanol–water partition coefficient (Wildman–Crippen LogP) is 1.97. The second kappa shape index (κ2) is 7.73. The van der Waals surface area contributed by atoms with Crippen molar-refractivity contribution in [3.05, 3.63) is 23.8 Å². The molecule has 2 aliphatic rings. The van der Waals surface area contributed by atoms with E-state index in [1.165, 1.54) is 6.42 Å². The van der Waals surface area contributed by atoms with Gasteiger partial charge < -0.3 is 10.2 Å². The maximum absolute atomic E-state index is 12.8. The molecule has 6 heteroatoms. The zero-order valence-electron chi connectivity index (χ0n) is 14.3. The smallest absolute Gasteiger partial charge is 0.243 e. The van der Waals surface area contributed by atoms with Crippen molar-refractivity contribution in [1.29, 1.82) is 0 Å². The van der Waals surface area contributed by atoms with Gasteiger partial charge in [-0.25, -0.2) is 0 Å². The largest absolute Gasteiger partial charge is 0.349 e. The van der Waals surface area contributed by atoms with Crippen LogP contribution in [0.25, 0.3) is 0 Å². The van der Waals surface area contributed by atoms with Gasteiger partial charge in [0.25, 0.3) is 0 Å². The zero-order chi connectivity index (χ0) is 16.9. The van der Waals surface area contributed by atoms with Crippen molar-refractivity contribution in [2.24, 2.45) is 5.92 Å².